The first kappa shape index (κ1) is 16.2. The van der Waals surface area contributed by atoms with Gasteiger partial charge < -0.3 is 10.8 Å². The van der Waals surface area contributed by atoms with E-state index in [2.05, 4.69) is 12.1 Å². The second kappa shape index (κ2) is 6.04. The molecular formula is C21H15N3OS2. The van der Waals surface area contributed by atoms with Crippen molar-refractivity contribution in [1.29, 1.82) is 0 Å². The quantitative estimate of drug-likeness (QED) is 0.372. The first-order valence-electron chi connectivity index (χ1n) is 8.44. The summed E-state index contributed by atoms with van der Waals surface area (Å²) in [5.41, 5.74) is 11.3. The van der Waals surface area contributed by atoms with Crippen LogP contribution in [0.3, 0.4) is 0 Å². The molecule has 0 unspecified atom stereocenters. The zero-order chi connectivity index (χ0) is 18.5. The number of aromatic nitrogens is 2. The lowest BCUT2D eigenvalue weighted by atomic mass is 10.2. The van der Waals surface area contributed by atoms with Crippen LogP contribution >= 0.6 is 22.7 Å². The van der Waals surface area contributed by atoms with E-state index in [-0.39, 0.29) is 5.75 Å². The summed E-state index contributed by atoms with van der Waals surface area (Å²) < 4.78 is 2.20. The molecule has 0 saturated heterocycles. The summed E-state index contributed by atoms with van der Waals surface area (Å²) in [5, 5.41) is 11.8. The Morgan fingerprint density at radius 3 is 2.19 bits per heavy atom. The summed E-state index contributed by atoms with van der Waals surface area (Å²) >= 11 is 3.30. The molecule has 132 valence electrons. The van der Waals surface area contributed by atoms with Gasteiger partial charge in [0.2, 0.25) is 0 Å². The first-order chi connectivity index (χ1) is 13.1. The van der Waals surface area contributed by atoms with Gasteiger partial charge in [-0.25, -0.2) is 9.97 Å². The van der Waals surface area contributed by atoms with Crippen molar-refractivity contribution < 1.29 is 5.11 Å². The van der Waals surface area contributed by atoms with E-state index in [0.717, 1.165) is 52.8 Å². The van der Waals surface area contributed by atoms with Crippen LogP contribution in [0.5, 0.6) is 5.75 Å². The van der Waals surface area contributed by atoms with Crippen molar-refractivity contribution in [2.24, 2.45) is 0 Å². The minimum atomic E-state index is 0.283. The summed E-state index contributed by atoms with van der Waals surface area (Å²) in [6, 6.07) is 17.7. The number of nitrogens with zero attached hydrogens (tertiary/aromatic N) is 2. The smallest absolute Gasteiger partial charge is 0.124 e. The molecule has 2 aromatic heterocycles. The molecule has 5 rings (SSSR count). The normalized spacial score (nSPS) is 11.4. The molecule has 0 radical (unpaired) electrons. The topological polar surface area (TPSA) is 72.0 Å². The van der Waals surface area contributed by atoms with Crippen LogP contribution in [0.4, 0.5) is 5.69 Å². The average molecular weight is 390 g/mol. The number of nitrogen functional groups attached to an aromatic ring is 1. The highest BCUT2D eigenvalue weighted by atomic mass is 32.1. The van der Waals surface area contributed by atoms with Gasteiger partial charge in [0.15, 0.2) is 0 Å². The molecule has 4 nitrogen and oxygen atoms in total. The van der Waals surface area contributed by atoms with Crippen LogP contribution in [0, 0.1) is 6.92 Å². The molecule has 0 aliphatic rings. The number of benzene rings is 3. The molecule has 0 amide bonds. The van der Waals surface area contributed by atoms with Crippen LogP contribution < -0.4 is 5.73 Å². The van der Waals surface area contributed by atoms with E-state index in [4.69, 9.17) is 15.7 Å². The Morgan fingerprint density at radius 2 is 1.41 bits per heavy atom. The molecule has 3 N–H and O–H groups in total. The lowest BCUT2D eigenvalue weighted by Gasteiger charge is -1.95. The number of anilines is 1. The number of hydrogen-bond donors (Lipinski definition) is 2. The zero-order valence-electron chi connectivity index (χ0n) is 14.4. The molecule has 3 aromatic carbocycles. The van der Waals surface area contributed by atoms with Crippen molar-refractivity contribution in [3.05, 3.63) is 60.2 Å². The molecule has 0 bridgehead atoms. The molecule has 0 fully saturated rings. The van der Waals surface area contributed by atoms with Crippen molar-refractivity contribution in [1.82, 2.24) is 9.97 Å². The third-order valence-corrected chi connectivity index (χ3v) is 6.63. The SMILES string of the molecule is Cc1cc2sc(-c3ccc4nc(-c5ccc(N)cc5)sc4c3)nc2cc1O. The van der Waals surface area contributed by atoms with Crippen molar-refractivity contribution in [3.8, 4) is 26.9 Å². The van der Waals surface area contributed by atoms with E-state index in [1.807, 2.05) is 43.3 Å². The molecule has 0 saturated carbocycles. The molecule has 5 aromatic rings. The number of nitrogens with two attached hydrogens (primary N) is 1. The highest BCUT2D eigenvalue weighted by molar-refractivity contribution is 7.22. The summed E-state index contributed by atoms with van der Waals surface area (Å²) in [5.74, 6) is 0.283. The largest absolute Gasteiger partial charge is 0.508 e. The number of hydrogen-bond acceptors (Lipinski definition) is 6. The number of phenols is 1. The lowest BCUT2D eigenvalue weighted by molar-refractivity contribution is 0.472. The van der Waals surface area contributed by atoms with Crippen LogP contribution in [0.2, 0.25) is 0 Å². The number of fused-ring (bicyclic) bond motifs is 2. The fraction of sp³-hybridized carbons (Fsp3) is 0.0476. The highest BCUT2D eigenvalue weighted by Gasteiger charge is 2.12. The van der Waals surface area contributed by atoms with Gasteiger partial charge in [-0.1, -0.05) is 0 Å². The van der Waals surface area contributed by atoms with Gasteiger partial charge in [-0.15, -0.1) is 22.7 Å². The van der Waals surface area contributed by atoms with Gasteiger partial charge in [0.1, 0.15) is 15.8 Å². The Bertz CT molecular complexity index is 1260. The van der Waals surface area contributed by atoms with Gasteiger partial charge in [-0.3, -0.25) is 0 Å². The summed E-state index contributed by atoms with van der Waals surface area (Å²) in [4.78, 5) is 9.44. The molecule has 6 heteroatoms. The Kier molecular flexibility index (Phi) is 3.63. The average Bonchev–Trinajstić information content (AvgIpc) is 3.26. The molecule has 2 heterocycles. The summed E-state index contributed by atoms with van der Waals surface area (Å²) in [6.07, 6.45) is 0. The molecule has 0 spiro atoms. The monoisotopic (exact) mass is 389 g/mol. The fourth-order valence-electron chi connectivity index (χ4n) is 2.99. The standard InChI is InChI=1S/C21H15N3OS2/c1-11-8-18-16(10-17(11)25)24-21(26-18)13-4-7-15-19(9-13)27-20(23-15)12-2-5-14(22)6-3-12/h2-10,25H,22H2,1H3. The summed E-state index contributed by atoms with van der Waals surface area (Å²) in [7, 11) is 0. The maximum absolute atomic E-state index is 9.92. The van der Waals surface area contributed by atoms with Crippen LogP contribution in [0.15, 0.2) is 54.6 Å². The first-order valence-corrected chi connectivity index (χ1v) is 10.1. The minimum absolute atomic E-state index is 0.283. The molecule has 0 aliphatic heterocycles. The van der Waals surface area contributed by atoms with E-state index in [9.17, 15) is 5.11 Å². The number of aryl methyl sites for hydroxylation is 1. The Morgan fingerprint density at radius 1 is 0.778 bits per heavy atom. The lowest BCUT2D eigenvalue weighted by Crippen LogP contribution is -1.83. The fourth-order valence-corrected chi connectivity index (χ4v) is 5.05. The van der Waals surface area contributed by atoms with Crippen LogP contribution in [0.25, 0.3) is 41.6 Å². The number of phenolic OH excluding ortho intramolecular Hbond substituents is 1. The number of thiazole rings is 2. The van der Waals surface area contributed by atoms with Crippen LogP contribution in [-0.2, 0) is 0 Å². The van der Waals surface area contributed by atoms with Crippen molar-refractivity contribution in [3.63, 3.8) is 0 Å². The predicted molar refractivity (Wildman–Crippen MR) is 114 cm³/mol. The van der Waals surface area contributed by atoms with E-state index in [1.54, 1.807) is 28.7 Å². The van der Waals surface area contributed by atoms with E-state index in [1.165, 1.54) is 0 Å². The number of rotatable bonds is 2. The Labute approximate surface area is 163 Å². The van der Waals surface area contributed by atoms with Gasteiger partial charge in [0.25, 0.3) is 0 Å². The maximum Gasteiger partial charge on any atom is 0.124 e. The number of aromatic hydroxyl groups is 1. The van der Waals surface area contributed by atoms with Gasteiger partial charge in [0.05, 0.1) is 20.4 Å². The van der Waals surface area contributed by atoms with Gasteiger partial charge in [-0.2, -0.15) is 0 Å². The van der Waals surface area contributed by atoms with E-state index < -0.39 is 0 Å². The second-order valence-electron chi connectivity index (χ2n) is 6.45. The van der Waals surface area contributed by atoms with Crippen molar-refractivity contribution >= 4 is 48.8 Å². The molecular weight excluding hydrogens is 374 g/mol. The minimum Gasteiger partial charge on any atom is -0.508 e. The molecule has 27 heavy (non-hydrogen) atoms. The van der Waals surface area contributed by atoms with Crippen LogP contribution in [-0.4, -0.2) is 15.1 Å². The van der Waals surface area contributed by atoms with E-state index in [0.29, 0.717) is 0 Å². The van der Waals surface area contributed by atoms with Crippen molar-refractivity contribution in [2.75, 3.05) is 5.73 Å². The van der Waals surface area contributed by atoms with Gasteiger partial charge >= 0.3 is 0 Å². The van der Waals surface area contributed by atoms with Gasteiger partial charge in [0, 0.05) is 22.9 Å². The summed E-state index contributed by atoms with van der Waals surface area (Å²) in [6.45, 7) is 1.90. The van der Waals surface area contributed by atoms with Gasteiger partial charge in [-0.05, 0) is 61.0 Å². The third-order valence-electron chi connectivity index (χ3n) is 4.50. The molecule has 0 atom stereocenters. The third kappa shape index (κ3) is 2.83. The maximum atomic E-state index is 9.92. The van der Waals surface area contributed by atoms with Crippen LogP contribution in [0.1, 0.15) is 5.56 Å². The highest BCUT2D eigenvalue weighted by Crippen LogP contribution is 2.37. The predicted octanol–water partition coefficient (Wildman–Crippen LogP) is 5.84. The second-order valence-corrected chi connectivity index (χ2v) is 8.51. The van der Waals surface area contributed by atoms with Crippen molar-refractivity contribution in [2.45, 2.75) is 6.92 Å². The Balaban J connectivity index is 1.59. The zero-order valence-corrected chi connectivity index (χ0v) is 16.1. The Hall–Kier alpha value is -2.96. The molecule has 0 aliphatic carbocycles. The van der Waals surface area contributed by atoms with E-state index >= 15 is 0 Å².